The van der Waals surface area contributed by atoms with Crippen LogP contribution in [-0.2, 0) is 5.88 Å². The van der Waals surface area contributed by atoms with E-state index in [0.29, 0.717) is 22.8 Å². The van der Waals surface area contributed by atoms with Gasteiger partial charge in [-0.05, 0) is 12.8 Å². The van der Waals surface area contributed by atoms with Crippen molar-refractivity contribution in [3.8, 4) is 5.82 Å². The number of hydrogen-bond donors (Lipinski definition) is 0. The Balaban J connectivity index is 2.11. The molecular formula is C11H10Cl2N4. The van der Waals surface area contributed by atoms with Gasteiger partial charge < -0.3 is 0 Å². The molecule has 0 atom stereocenters. The van der Waals surface area contributed by atoms with Crippen LogP contribution in [0.25, 0.3) is 5.82 Å². The Morgan fingerprint density at radius 1 is 1.41 bits per heavy atom. The van der Waals surface area contributed by atoms with Gasteiger partial charge in [0.25, 0.3) is 0 Å². The van der Waals surface area contributed by atoms with Crippen molar-refractivity contribution < 1.29 is 0 Å². The minimum atomic E-state index is 0.385. The van der Waals surface area contributed by atoms with E-state index in [9.17, 15) is 0 Å². The van der Waals surface area contributed by atoms with E-state index in [-0.39, 0.29) is 0 Å². The molecule has 1 fully saturated rings. The first-order valence-electron chi connectivity index (χ1n) is 5.41. The predicted molar refractivity (Wildman–Crippen MR) is 65.7 cm³/mol. The van der Waals surface area contributed by atoms with Gasteiger partial charge in [0, 0.05) is 23.7 Å². The zero-order chi connectivity index (χ0) is 11.8. The first-order valence-corrected chi connectivity index (χ1v) is 6.32. The first kappa shape index (κ1) is 11.0. The first-order chi connectivity index (χ1) is 8.31. The number of hydrogen-bond acceptors (Lipinski definition) is 3. The van der Waals surface area contributed by atoms with Crippen molar-refractivity contribution in [3.05, 3.63) is 35.0 Å². The monoisotopic (exact) mass is 268 g/mol. The largest absolute Gasteiger partial charge is 0.245 e. The van der Waals surface area contributed by atoms with Crippen molar-refractivity contribution in [2.24, 2.45) is 0 Å². The average molecular weight is 269 g/mol. The molecule has 17 heavy (non-hydrogen) atoms. The van der Waals surface area contributed by atoms with E-state index in [1.807, 2.05) is 0 Å². The zero-order valence-corrected chi connectivity index (χ0v) is 10.5. The van der Waals surface area contributed by atoms with Gasteiger partial charge in [-0.25, -0.2) is 14.6 Å². The van der Waals surface area contributed by atoms with E-state index in [1.54, 1.807) is 16.9 Å². The van der Waals surface area contributed by atoms with E-state index in [2.05, 4.69) is 15.1 Å². The molecule has 0 aromatic carbocycles. The second kappa shape index (κ2) is 4.27. The molecular weight excluding hydrogens is 259 g/mol. The fraction of sp³-hybridized carbons (Fsp3) is 0.364. The van der Waals surface area contributed by atoms with E-state index in [1.165, 1.54) is 19.2 Å². The highest BCUT2D eigenvalue weighted by atomic mass is 35.5. The molecule has 2 aromatic heterocycles. The second-order valence-corrected chi connectivity index (χ2v) is 4.67. The molecule has 2 heterocycles. The predicted octanol–water partition coefficient (Wildman–Crippen LogP) is 2.93. The summed E-state index contributed by atoms with van der Waals surface area (Å²) in [6, 6.07) is 1.77. The van der Waals surface area contributed by atoms with Crippen molar-refractivity contribution in [3.63, 3.8) is 0 Å². The quantitative estimate of drug-likeness (QED) is 0.804. The summed E-state index contributed by atoms with van der Waals surface area (Å²) in [5, 5.41) is 5.08. The van der Waals surface area contributed by atoms with E-state index >= 15 is 0 Å². The van der Waals surface area contributed by atoms with E-state index in [0.717, 1.165) is 11.3 Å². The zero-order valence-electron chi connectivity index (χ0n) is 8.98. The Morgan fingerprint density at radius 2 is 2.24 bits per heavy atom. The fourth-order valence-corrected chi connectivity index (χ4v) is 2.43. The van der Waals surface area contributed by atoms with Crippen molar-refractivity contribution in [1.29, 1.82) is 0 Å². The Kier molecular flexibility index (Phi) is 2.76. The van der Waals surface area contributed by atoms with E-state index < -0.39 is 0 Å². The standard InChI is InChI=1S/C11H10Cl2N4/c12-5-8-10(7-1-2-7)16-17(11(8)13)9-3-4-14-6-15-9/h3-4,6-7H,1-2,5H2. The lowest BCUT2D eigenvalue weighted by Gasteiger charge is -2.00. The van der Waals surface area contributed by atoms with E-state index in [4.69, 9.17) is 23.2 Å². The molecule has 4 nitrogen and oxygen atoms in total. The van der Waals surface area contributed by atoms with Gasteiger partial charge in [0.15, 0.2) is 5.82 Å². The van der Waals surface area contributed by atoms with Crippen LogP contribution in [0.1, 0.15) is 30.0 Å². The number of rotatable bonds is 3. The molecule has 1 saturated carbocycles. The Hall–Kier alpha value is -1.13. The molecule has 0 bridgehead atoms. The van der Waals surface area contributed by atoms with Crippen LogP contribution in [0.15, 0.2) is 18.6 Å². The smallest absolute Gasteiger partial charge is 0.158 e. The molecule has 0 radical (unpaired) electrons. The lowest BCUT2D eigenvalue weighted by atomic mass is 10.2. The molecule has 0 unspecified atom stereocenters. The maximum Gasteiger partial charge on any atom is 0.158 e. The molecule has 0 aliphatic heterocycles. The molecule has 2 aromatic rings. The molecule has 0 N–H and O–H groups in total. The number of alkyl halides is 1. The normalized spacial score (nSPS) is 15.2. The molecule has 3 rings (SSSR count). The number of aromatic nitrogens is 4. The average Bonchev–Trinajstić information content (AvgIpc) is 3.15. The van der Waals surface area contributed by atoms with Crippen LogP contribution in [0.3, 0.4) is 0 Å². The van der Waals surface area contributed by atoms with Gasteiger partial charge in [-0.3, -0.25) is 0 Å². The van der Waals surface area contributed by atoms with Crippen molar-refractivity contribution >= 4 is 23.2 Å². The van der Waals surface area contributed by atoms with Crippen LogP contribution in [0, 0.1) is 0 Å². The Labute approximate surface area is 109 Å². The summed E-state index contributed by atoms with van der Waals surface area (Å²) in [6.07, 6.45) is 5.48. The van der Waals surface area contributed by atoms with Gasteiger partial charge in [-0.15, -0.1) is 11.6 Å². The second-order valence-electron chi connectivity index (χ2n) is 4.04. The maximum absolute atomic E-state index is 6.29. The lowest BCUT2D eigenvalue weighted by molar-refractivity contribution is 0.808. The third-order valence-electron chi connectivity index (χ3n) is 2.83. The molecule has 0 saturated heterocycles. The van der Waals surface area contributed by atoms with Crippen molar-refractivity contribution in [2.75, 3.05) is 0 Å². The van der Waals surface area contributed by atoms with Gasteiger partial charge in [0.2, 0.25) is 0 Å². The SMILES string of the molecule is ClCc1c(C2CC2)nn(-c2ccncn2)c1Cl. The topological polar surface area (TPSA) is 43.6 Å². The Morgan fingerprint density at radius 3 is 2.82 bits per heavy atom. The summed E-state index contributed by atoms with van der Waals surface area (Å²) < 4.78 is 1.63. The highest BCUT2D eigenvalue weighted by molar-refractivity contribution is 6.31. The minimum Gasteiger partial charge on any atom is -0.245 e. The van der Waals surface area contributed by atoms with Crippen LogP contribution in [0.5, 0.6) is 0 Å². The third kappa shape index (κ3) is 1.91. The number of halogens is 2. The summed E-state index contributed by atoms with van der Waals surface area (Å²) in [7, 11) is 0. The molecule has 1 aliphatic rings. The van der Waals surface area contributed by atoms with Gasteiger partial charge >= 0.3 is 0 Å². The summed E-state index contributed by atoms with van der Waals surface area (Å²) in [5.74, 6) is 1.57. The molecule has 88 valence electrons. The molecule has 6 heteroatoms. The third-order valence-corrected chi connectivity index (χ3v) is 3.49. The van der Waals surface area contributed by atoms with Crippen LogP contribution in [0.2, 0.25) is 5.15 Å². The summed E-state index contributed by atoms with van der Waals surface area (Å²) in [4.78, 5) is 8.02. The van der Waals surface area contributed by atoms with Gasteiger partial charge in [-0.1, -0.05) is 11.6 Å². The van der Waals surface area contributed by atoms with Crippen LogP contribution >= 0.6 is 23.2 Å². The molecule has 0 spiro atoms. The highest BCUT2D eigenvalue weighted by Gasteiger charge is 2.31. The van der Waals surface area contributed by atoms with Gasteiger partial charge in [0.05, 0.1) is 11.6 Å². The van der Waals surface area contributed by atoms with Gasteiger partial charge in [-0.2, -0.15) is 5.10 Å². The summed E-state index contributed by atoms with van der Waals surface area (Å²) in [5.41, 5.74) is 1.94. The summed E-state index contributed by atoms with van der Waals surface area (Å²) in [6.45, 7) is 0. The number of nitrogens with zero attached hydrogens (tertiary/aromatic N) is 4. The van der Waals surface area contributed by atoms with Crippen molar-refractivity contribution in [1.82, 2.24) is 19.7 Å². The maximum atomic E-state index is 6.29. The lowest BCUT2D eigenvalue weighted by Crippen LogP contribution is -2.00. The van der Waals surface area contributed by atoms with Crippen LogP contribution in [-0.4, -0.2) is 19.7 Å². The van der Waals surface area contributed by atoms with Crippen molar-refractivity contribution in [2.45, 2.75) is 24.6 Å². The minimum absolute atomic E-state index is 0.385. The summed E-state index contributed by atoms with van der Waals surface area (Å²) >= 11 is 12.2. The van der Waals surface area contributed by atoms with Gasteiger partial charge in [0.1, 0.15) is 11.5 Å². The Bertz CT molecular complexity index is 534. The fourth-order valence-electron chi connectivity index (χ4n) is 1.81. The van der Waals surface area contributed by atoms with Crippen LogP contribution in [0.4, 0.5) is 0 Å². The molecule has 1 aliphatic carbocycles. The molecule has 0 amide bonds. The highest BCUT2D eigenvalue weighted by Crippen LogP contribution is 2.43. The van der Waals surface area contributed by atoms with Crippen LogP contribution < -0.4 is 0 Å².